The lowest BCUT2D eigenvalue weighted by Gasteiger charge is -2.09. The van der Waals surface area contributed by atoms with Gasteiger partial charge in [-0.25, -0.2) is 4.79 Å². The minimum Gasteiger partial charge on any atom is -0.452 e. The van der Waals surface area contributed by atoms with E-state index >= 15 is 0 Å². The number of carbonyl (C=O) groups excluding carboxylic acids is 2. The molecule has 11 heteroatoms. The standard InChI is InChI=1S/C16H13F2N3O6/c17-16(18)27-11-4-1-9(2-5-11)20-14(22)8-26-15(23)12-6-3-10(21(24)25)7-13(12)19/h1-7,16H,8,19H2,(H,20,22). The minimum atomic E-state index is -2.96. The van der Waals surface area contributed by atoms with E-state index in [1.54, 1.807) is 0 Å². The second kappa shape index (κ2) is 8.56. The first kappa shape index (κ1) is 19.6. The largest absolute Gasteiger partial charge is 0.452 e. The van der Waals surface area contributed by atoms with Gasteiger partial charge in [-0.05, 0) is 30.3 Å². The molecule has 2 aromatic carbocycles. The number of carbonyl (C=O) groups is 2. The summed E-state index contributed by atoms with van der Waals surface area (Å²) in [7, 11) is 0. The predicted molar refractivity (Wildman–Crippen MR) is 89.5 cm³/mol. The number of ether oxygens (including phenoxy) is 2. The smallest absolute Gasteiger partial charge is 0.387 e. The molecular formula is C16H13F2N3O6. The van der Waals surface area contributed by atoms with E-state index in [2.05, 4.69) is 10.1 Å². The zero-order chi connectivity index (χ0) is 20.0. The van der Waals surface area contributed by atoms with Crippen LogP contribution >= 0.6 is 0 Å². The van der Waals surface area contributed by atoms with Crippen molar-refractivity contribution < 1.29 is 32.8 Å². The number of alkyl halides is 2. The number of halogens is 2. The second-order valence-electron chi connectivity index (χ2n) is 5.06. The first-order valence-electron chi connectivity index (χ1n) is 7.32. The summed E-state index contributed by atoms with van der Waals surface area (Å²) in [5.74, 6) is -1.70. The highest BCUT2D eigenvalue weighted by molar-refractivity contribution is 5.98. The van der Waals surface area contributed by atoms with Crippen LogP contribution in [0.5, 0.6) is 5.75 Å². The molecule has 0 spiro atoms. The molecule has 2 aromatic rings. The van der Waals surface area contributed by atoms with Crippen molar-refractivity contribution in [3.05, 3.63) is 58.1 Å². The molecule has 0 atom stereocenters. The van der Waals surface area contributed by atoms with E-state index in [0.717, 1.165) is 18.2 Å². The van der Waals surface area contributed by atoms with Gasteiger partial charge in [0.1, 0.15) is 5.75 Å². The van der Waals surface area contributed by atoms with Gasteiger partial charge in [0.05, 0.1) is 16.2 Å². The first-order chi connectivity index (χ1) is 12.8. The predicted octanol–water partition coefficient (Wildman–Crippen LogP) is 2.57. The van der Waals surface area contributed by atoms with Crippen LogP contribution in [0.15, 0.2) is 42.5 Å². The molecule has 0 aliphatic carbocycles. The van der Waals surface area contributed by atoms with E-state index in [0.29, 0.717) is 0 Å². The molecule has 2 rings (SSSR count). The fourth-order valence-corrected chi connectivity index (χ4v) is 1.98. The SMILES string of the molecule is Nc1cc([N+](=O)[O-])ccc1C(=O)OCC(=O)Nc1ccc(OC(F)F)cc1. The summed E-state index contributed by atoms with van der Waals surface area (Å²) in [5.41, 5.74) is 5.26. The third kappa shape index (κ3) is 5.63. The molecule has 0 saturated carbocycles. The Bertz CT molecular complexity index is 858. The van der Waals surface area contributed by atoms with Gasteiger partial charge in [0.2, 0.25) is 0 Å². The third-order valence-electron chi connectivity index (χ3n) is 3.16. The second-order valence-corrected chi connectivity index (χ2v) is 5.06. The summed E-state index contributed by atoms with van der Waals surface area (Å²) in [6, 6.07) is 8.30. The molecule has 0 bridgehead atoms. The van der Waals surface area contributed by atoms with Gasteiger partial charge in [-0.2, -0.15) is 8.78 Å². The maximum Gasteiger partial charge on any atom is 0.387 e. The summed E-state index contributed by atoms with van der Waals surface area (Å²) < 4.78 is 33.1. The zero-order valence-electron chi connectivity index (χ0n) is 13.6. The summed E-state index contributed by atoms with van der Waals surface area (Å²) >= 11 is 0. The maximum absolute atomic E-state index is 12.1. The quantitative estimate of drug-likeness (QED) is 0.326. The van der Waals surface area contributed by atoms with Crippen LogP contribution in [0.3, 0.4) is 0 Å². The van der Waals surface area contributed by atoms with Gasteiger partial charge in [-0.3, -0.25) is 14.9 Å². The Hall–Kier alpha value is -3.76. The monoisotopic (exact) mass is 381 g/mol. The van der Waals surface area contributed by atoms with E-state index in [9.17, 15) is 28.5 Å². The van der Waals surface area contributed by atoms with Gasteiger partial charge >= 0.3 is 12.6 Å². The van der Waals surface area contributed by atoms with Crippen molar-refractivity contribution in [2.24, 2.45) is 0 Å². The number of benzene rings is 2. The summed E-state index contributed by atoms with van der Waals surface area (Å²) in [5, 5.41) is 13.0. The lowest BCUT2D eigenvalue weighted by molar-refractivity contribution is -0.384. The van der Waals surface area contributed by atoms with Crippen molar-refractivity contribution in [3.63, 3.8) is 0 Å². The van der Waals surface area contributed by atoms with Crippen LogP contribution in [-0.4, -0.2) is 30.0 Å². The van der Waals surface area contributed by atoms with E-state index in [1.807, 2.05) is 0 Å². The number of nitrogens with one attached hydrogen (secondary N) is 1. The molecule has 142 valence electrons. The number of hydrogen-bond acceptors (Lipinski definition) is 7. The van der Waals surface area contributed by atoms with E-state index in [-0.39, 0.29) is 28.4 Å². The summed E-state index contributed by atoms with van der Waals surface area (Å²) in [6.07, 6.45) is 0. The number of rotatable bonds is 7. The fourth-order valence-electron chi connectivity index (χ4n) is 1.98. The Morgan fingerprint density at radius 2 is 1.85 bits per heavy atom. The van der Waals surface area contributed by atoms with Crippen LogP contribution in [0.2, 0.25) is 0 Å². The highest BCUT2D eigenvalue weighted by Gasteiger charge is 2.16. The number of nitro benzene ring substituents is 1. The number of non-ortho nitro benzene ring substituents is 1. The number of nitrogen functional groups attached to an aromatic ring is 1. The Morgan fingerprint density at radius 1 is 1.19 bits per heavy atom. The maximum atomic E-state index is 12.1. The average Bonchev–Trinajstić information content (AvgIpc) is 2.60. The molecule has 1 amide bonds. The summed E-state index contributed by atoms with van der Waals surface area (Å²) in [6.45, 7) is -3.61. The van der Waals surface area contributed by atoms with Crippen molar-refractivity contribution in [1.29, 1.82) is 0 Å². The molecular weight excluding hydrogens is 368 g/mol. The van der Waals surface area contributed by atoms with Crippen LogP contribution in [-0.2, 0) is 9.53 Å². The van der Waals surface area contributed by atoms with Gasteiger partial charge in [-0.1, -0.05) is 0 Å². The number of nitro groups is 1. The number of anilines is 2. The van der Waals surface area contributed by atoms with Gasteiger partial charge in [0, 0.05) is 17.8 Å². The van der Waals surface area contributed by atoms with Crippen molar-refractivity contribution in [1.82, 2.24) is 0 Å². The van der Waals surface area contributed by atoms with Gasteiger partial charge < -0.3 is 20.5 Å². The number of hydrogen-bond donors (Lipinski definition) is 2. The first-order valence-corrected chi connectivity index (χ1v) is 7.32. The molecule has 0 aliphatic rings. The Kier molecular flexibility index (Phi) is 6.20. The summed E-state index contributed by atoms with van der Waals surface area (Å²) in [4.78, 5) is 33.7. The Labute approximate surface area is 150 Å². The van der Waals surface area contributed by atoms with Crippen LogP contribution < -0.4 is 15.8 Å². The van der Waals surface area contributed by atoms with Crippen molar-refractivity contribution in [2.45, 2.75) is 6.61 Å². The molecule has 9 nitrogen and oxygen atoms in total. The van der Waals surface area contributed by atoms with E-state index in [4.69, 9.17) is 10.5 Å². The topological polar surface area (TPSA) is 134 Å². The zero-order valence-corrected chi connectivity index (χ0v) is 13.6. The normalized spacial score (nSPS) is 10.3. The lowest BCUT2D eigenvalue weighted by Crippen LogP contribution is -2.21. The Balaban J connectivity index is 1.89. The highest BCUT2D eigenvalue weighted by Crippen LogP contribution is 2.21. The van der Waals surface area contributed by atoms with E-state index in [1.165, 1.54) is 24.3 Å². The Morgan fingerprint density at radius 3 is 2.41 bits per heavy atom. The number of amides is 1. The number of nitrogens with zero attached hydrogens (tertiary/aromatic N) is 1. The van der Waals surface area contributed by atoms with Crippen LogP contribution in [0, 0.1) is 10.1 Å². The molecule has 0 aromatic heterocycles. The number of esters is 1. The highest BCUT2D eigenvalue weighted by atomic mass is 19.3. The lowest BCUT2D eigenvalue weighted by atomic mass is 10.1. The van der Waals surface area contributed by atoms with E-state index < -0.39 is 30.0 Å². The van der Waals surface area contributed by atoms with Crippen LogP contribution in [0.1, 0.15) is 10.4 Å². The number of nitrogens with two attached hydrogens (primary N) is 1. The molecule has 0 saturated heterocycles. The van der Waals surface area contributed by atoms with Crippen molar-refractivity contribution in [2.75, 3.05) is 17.7 Å². The molecule has 0 unspecified atom stereocenters. The van der Waals surface area contributed by atoms with Gasteiger partial charge in [-0.15, -0.1) is 0 Å². The fraction of sp³-hybridized carbons (Fsp3) is 0.125. The van der Waals surface area contributed by atoms with Crippen LogP contribution in [0.4, 0.5) is 25.8 Å². The third-order valence-corrected chi connectivity index (χ3v) is 3.16. The molecule has 0 heterocycles. The molecule has 0 radical (unpaired) electrons. The average molecular weight is 381 g/mol. The molecule has 0 fully saturated rings. The van der Waals surface area contributed by atoms with Gasteiger partial charge in [0.25, 0.3) is 11.6 Å². The van der Waals surface area contributed by atoms with Crippen molar-refractivity contribution >= 4 is 28.9 Å². The van der Waals surface area contributed by atoms with Crippen molar-refractivity contribution in [3.8, 4) is 5.75 Å². The minimum absolute atomic E-state index is 0.0805. The molecule has 0 aliphatic heterocycles. The molecule has 27 heavy (non-hydrogen) atoms. The van der Waals surface area contributed by atoms with Gasteiger partial charge in [0.15, 0.2) is 6.61 Å². The molecule has 3 N–H and O–H groups in total. The van der Waals surface area contributed by atoms with Crippen LogP contribution in [0.25, 0.3) is 0 Å².